The third-order valence-electron chi connectivity index (χ3n) is 4.64. The largest absolute Gasteiger partial charge is 0.100 e. The molecule has 2 atom stereocenters. The van der Waals surface area contributed by atoms with Gasteiger partial charge in [0, 0.05) is 0 Å². The van der Waals surface area contributed by atoms with Crippen LogP contribution in [0.25, 0.3) is 0 Å². The SMILES string of the molecule is C=C(C)CCC(CC)CCC(=C)CCC(CC)CCC. The molecule has 0 radical (unpaired) electrons. The molecule has 0 heterocycles. The van der Waals surface area contributed by atoms with Crippen molar-refractivity contribution < 1.29 is 0 Å². The van der Waals surface area contributed by atoms with Crippen molar-refractivity contribution in [3.63, 3.8) is 0 Å². The normalized spacial score (nSPS) is 14.0. The summed E-state index contributed by atoms with van der Waals surface area (Å²) in [4.78, 5) is 0. The van der Waals surface area contributed by atoms with E-state index in [0.717, 1.165) is 11.8 Å². The molecule has 0 aliphatic rings. The molecule has 0 heteroatoms. The monoisotopic (exact) mass is 278 g/mol. The second-order valence-electron chi connectivity index (χ2n) is 6.66. The van der Waals surface area contributed by atoms with E-state index >= 15 is 0 Å². The van der Waals surface area contributed by atoms with Gasteiger partial charge >= 0.3 is 0 Å². The molecular formula is C20H38. The van der Waals surface area contributed by atoms with Gasteiger partial charge in [0.2, 0.25) is 0 Å². The number of hydrogen-bond acceptors (Lipinski definition) is 0. The van der Waals surface area contributed by atoms with Gasteiger partial charge in [-0.05, 0) is 57.3 Å². The van der Waals surface area contributed by atoms with Crippen LogP contribution in [0.4, 0.5) is 0 Å². The van der Waals surface area contributed by atoms with E-state index < -0.39 is 0 Å². The van der Waals surface area contributed by atoms with Gasteiger partial charge in [-0.2, -0.15) is 0 Å². The Morgan fingerprint density at radius 1 is 0.750 bits per heavy atom. The molecule has 0 aliphatic carbocycles. The summed E-state index contributed by atoms with van der Waals surface area (Å²) in [7, 11) is 0. The standard InChI is InChI=1S/C20H38/c1-7-10-19(8-2)15-12-18(6)13-16-20(9-3)14-11-17(4)5/h19-20H,4,6-16H2,1-3,5H3. The molecule has 0 N–H and O–H groups in total. The summed E-state index contributed by atoms with van der Waals surface area (Å²) in [6, 6.07) is 0. The Hall–Kier alpha value is -0.520. The smallest absolute Gasteiger partial charge is 0.0320 e. The zero-order valence-corrected chi connectivity index (χ0v) is 14.6. The van der Waals surface area contributed by atoms with Crippen LogP contribution in [-0.2, 0) is 0 Å². The molecule has 118 valence electrons. The first kappa shape index (κ1) is 19.5. The number of hydrogen-bond donors (Lipinski definition) is 0. The van der Waals surface area contributed by atoms with Gasteiger partial charge in [0.25, 0.3) is 0 Å². The van der Waals surface area contributed by atoms with E-state index in [0.29, 0.717) is 0 Å². The maximum absolute atomic E-state index is 4.31. The first-order chi connectivity index (χ1) is 9.53. The zero-order valence-electron chi connectivity index (χ0n) is 14.6. The molecule has 0 rings (SSSR count). The van der Waals surface area contributed by atoms with Crippen molar-refractivity contribution in [2.75, 3.05) is 0 Å². The number of allylic oxidation sites excluding steroid dienone is 2. The highest BCUT2D eigenvalue weighted by atomic mass is 14.2. The van der Waals surface area contributed by atoms with Crippen molar-refractivity contribution in [1.82, 2.24) is 0 Å². The molecule has 2 unspecified atom stereocenters. The fraction of sp³-hybridized carbons (Fsp3) is 0.800. The number of rotatable bonds is 13. The maximum atomic E-state index is 4.31. The van der Waals surface area contributed by atoms with E-state index in [2.05, 4.69) is 40.9 Å². The lowest BCUT2D eigenvalue weighted by atomic mass is 9.89. The lowest BCUT2D eigenvalue weighted by molar-refractivity contribution is 0.414. The van der Waals surface area contributed by atoms with E-state index in [1.54, 1.807) is 0 Å². The maximum Gasteiger partial charge on any atom is -0.0320 e. The molecule has 0 aromatic carbocycles. The fourth-order valence-electron chi connectivity index (χ4n) is 2.91. The molecule has 0 aliphatic heterocycles. The van der Waals surface area contributed by atoms with E-state index in [9.17, 15) is 0 Å². The molecule has 0 amide bonds. The van der Waals surface area contributed by atoms with Gasteiger partial charge < -0.3 is 0 Å². The van der Waals surface area contributed by atoms with Crippen LogP contribution in [0.2, 0.25) is 0 Å². The lowest BCUT2D eigenvalue weighted by Crippen LogP contribution is -2.02. The summed E-state index contributed by atoms with van der Waals surface area (Å²) in [6.07, 6.45) is 13.0. The topological polar surface area (TPSA) is 0 Å². The Morgan fingerprint density at radius 2 is 1.20 bits per heavy atom. The summed E-state index contributed by atoms with van der Waals surface area (Å²) in [5, 5.41) is 0. The predicted molar refractivity (Wildman–Crippen MR) is 94.1 cm³/mol. The molecule has 0 fully saturated rings. The molecule has 0 aromatic heterocycles. The van der Waals surface area contributed by atoms with Crippen LogP contribution in [0.15, 0.2) is 24.3 Å². The van der Waals surface area contributed by atoms with Crippen LogP contribution >= 0.6 is 0 Å². The Morgan fingerprint density at radius 3 is 1.60 bits per heavy atom. The van der Waals surface area contributed by atoms with Crippen molar-refractivity contribution in [3.05, 3.63) is 24.3 Å². The molecule has 0 aromatic rings. The second kappa shape index (κ2) is 12.2. The summed E-state index contributed by atoms with van der Waals surface area (Å²) < 4.78 is 0. The van der Waals surface area contributed by atoms with Crippen molar-refractivity contribution in [2.24, 2.45) is 11.8 Å². The van der Waals surface area contributed by atoms with Gasteiger partial charge in [-0.1, -0.05) is 64.2 Å². The second-order valence-corrected chi connectivity index (χ2v) is 6.66. The van der Waals surface area contributed by atoms with Gasteiger partial charge in [-0.15, -0.1) is 6.58 Å². The first-order valence-corrected chi connectivity index (χ1v) is 8.84. The minimum Gasteiger partial charge on any atom is -0.100 e. The van der Waals surface area contributed by atoms with Gasteiger partial charge in [0.15, 0.2) is 0 Å². The average molecular weight is 279 g/mol. The molecular weight excluding hydrogens is 240 g/mol. The van der Waals surface area contributed by atoms with Crippen LogP contribution in [-0.4, -0.2) is 0 Å². The zero-order chi connectivity index (χ0) is 15.4. The molecule has 0 saturated heterocycles. The van der Waals surface area contributed by atoms with E-state index in [1.807, 2.05) is 0 Å². The Kier molecular flexibility index (Phi) is 11.9. The van der Waals surface area contributed by atoms with Crippen LogP contribution in [0.1, 0.15) is 91.9 Å². The van der Waals surface area contributed by atoms with E-state index in [-0.39, 0.29) is 0 Å². The highest BCUT2D eigenvalue weighted by Gasteiger charge is 2.09. The Balaban J connectivity index is 3.86. The summed E-state index contributed by atoms with van der Waals surface area (Å²) >= 11 is 0. The minimum absolute atomic E-state index is 0.862. The third-order valence-corrected chi connectivity index (χ3v) is 4.64. The minimum atomic E-state index is 0.862. The Bertz CT molecular complexity index is 261. The van der Waals surface area contributed by atoms with Crippen molar-refractivity contribution >= 4 is 0 Å². The van der Waals surface area contributed by atoms with Gasteiger partial charge in [0.1, 0.15) is 0 Å². The van der Waals surface area contributed by atoms with Gasteiger partial charge in [-0.25, -0.2) is 0 Å². The molecule has 0 spiro atoms. The van der Waals surface area contributed by atoms with Gasteiger partial charge in [0.05, 0.1) is 0 Å². The average Bonchev–Trinajstić information content (AvgIpc) is 2.43. The predicted octanol–water partition coefficient (Wildman–Crippen LogP) is 7.31. The lowest BCUT2D eigenvalue weighted by Gasteiger charge is -2.17. The van der Waals surface area contributed by atoms with Gasteiger partial charge in [-0.3, -0.25) is 0 Å². The van der Waals surface area contributed by atoms with Crippen LogP contribution in [0, 0.1) is 11.8 Å². The molecule has 0 bridgehead atoms. The third kappa shape index (κ3) is 10.3. The summed E-state index contributed by atoms with van der Waals surface area (Å²) in [5.41, 5.74) is 2.81. The summed E-state index contributed by atoms with van der Waals surface area (Å²) in [6.45, 7) is 17.4. The van der Waals surface area contributed by atoms with Crippen LogP contribution in [0.5, 0.6) is 0 Å². The molecule has 20 heavy (non-hydrogen) atoms. The fourth-order valence-corrected chi connectivity index (χ4v) is 2.91. The van der Waals surface area contributed by atoms with Crippen molar-refractivity contribution in [3.8, 4) is 0 Å². The van der Waals surface area contributed by atoms with Crippen molar-refractivity contribution in [1.29, 1.82) is 0 Å². The van der Waals surface area contributed by atoms with Crippen LogP contribution in [0.3, 0.4) is 0 Å². The molecule has 0 saturated carbocycles. The highest BCUT2D eigenvalue weighted by molar-refractivity contribution is 4.95. The van der Waals surface area contributed by atoms with E-state index in [1.165, 1.54) is 75.4 Å². The summed E-state index contributed by atoms with van der Waals surface area (Å²) in [5.74, 6) is 1.78. The van der Waals surface area contributed by atoms with E-state index in [4.69, 9.17) is 0 Å². The molecule has 0 nitrogen and oxygen atoms in total. The quantitative estimate of drug-likeness (QED) is 0.310. The Labute approximate surface area is 128 Å². The first-order valence-electron chi connectivity index (χ1n) is 8.84. The van der Waals surface area contributed by atoms with Crippen molar-refractivity contribution in [2.45, 2.75) is 91.9 Å². The highest BCUT2D eigenvalue weighted by Crippen LogP contribution is 2.25. The van der Waals surface area contributed by atoms with Crippen LogP contribution < -0.4 is 0 Å².